The highest BCUT2D eigenvalue weighted by atomic mass is 15.1. The molecule has 0 bridgehead atoms. The van der Waals surface area contributed by atoms with Crippen LogP contribution in [0, 0.1) is 0 Å². The van der Waals surface area contributed by atoms with Gasteiger partial charge >= 0.3 is 0 Å². The van der Waals surface area contributed by atoms with Crippen LogP contribution in [-0.4, -0.2) is 18.3 Å². The highest BCUT2D eigenvalue weighted by Gasteiger charge is 2.27. The zero-order valence-electron chi connectivity index (χ0n) is 72.8. The number of allylic oxidation sites excluding steroid dienone is 1. The first-order chi connectivity index (χ1) is 65.3. The van der Waals surface area contributed by atoms with Crippen molar-refractivity contribution in [3.05, 3.63) is 497 Å². The molecule has 25 rings (SSSR count). The fourth-order valence-corrected chi connectivity index (χ4v) is 21.0. The van der Waals surface area contributed by atoms with Gasteiger partial charge in [0.25, 0.3) is 0 Å². The van der Waals surface area contributed by atoms with Crippen LogP contribution in [-0.2, 0) is 0 Å². The van der Waals surface area contributed by atoms with Crippen LogP contribution in [0.1, 0.15) is 30.5 Å². The molecule has 0 unspecified atom stereocenters. The Morgan fingerprint density at radius 2 is 0.439 bits per heavy atom. The van der Waals surface area contributed by atoms with Crippen molar-refractivity contribution in [3.63, 3.8) is 0 Å². The molecule has 0 saturated carbocycles. The second kappa shape index (κ2) is 32.3. The molecule has 4 heterocycles. The zero-order chi connectivity index (χ0) is 87.3. The summed E-state index contributed by atoms with van der Waals surface area (Å²) in [5.41, 5.74) is 42.0. The molecule has 0 saturated heterocycles. The van der Waals surface area contributed by atoms with E-state index in [4.69, 9.17) is 0 Å². The van der Waals surface area contributed by atoms with Crippen molar-refractivity contribution in [2.75, 3.05) is 4.90 Å². The summed E-state index contributed by atoms with van der Waals surface area (Å²) in [6.45, 7) is 2.39. The topological polar surface area (TPSA) is 23.0 Å². The molecule has 132 heavy (non-hydrogen) atoms. The number of aromatic nitrogens is 4. The van der Waals surface area contributed by atoms with Gasteiger partial charge in [0.05, 0.1) is 38.6 Å². The fourth-order valence-electron chi connectivity index (χ4n) is 21.0. The van der Waals surface area contributed by atoms with Crippen LogP contribution >= 0.6 is 0 Å². The Balaban J connectivity index is 0.558. The van der Waals surface area contributed by atoms with Gasteiger partial charge in [0, 0.05) is 94.7 Å². The fraction of sp³-hybridized carbons (Fsp3) is 0.0236. The zero-order valence-corrected chi connectivity index (χ0v) is 72.8. The highest BCUT2D eigenvalue weighted by molar-refractivity contribution is 6.15. The number of fused-ring (bicyclic) bond motifs is 12. The molecular weight excluding hydrogens is 1600 g/mol. The van der Waals surface area contributed by atoms with Crippen LogP contribution in [0.4, 0.5) is 17.1 Å². The van der Waals surface area contributed by atoms with Crippen LogP contribution in [0.5, 0.6) is 0 Å². The summed E-state index contributed by atoms with van der Waals surface area (Å²) in [4.78, 5) is 2.41. The van der Waals surface area contributed by atoms with Gasteiger partial charge in [0.2, 0.25) is 0 Å². The average molecular weight is 1680 g/mol. The number of benzene rings is 20. The lowest BCUT2D eigenvalue weighted by molar-refractivity contribution is 0.723. The second-order valence-corrected chi connectivity index (χ2v) is 35.2. The summed E-state index contributed by atoms with van der Waals surface area (Å²) in [5, 5.41) is 8.44. The minimum Gasteiger partial charge on any atom is -0.313 e. The van der Waals surface area contributed by atoms with E-state index in [1.807, 2.05) is 0 Å². The third-order valence-corrected chi connectivity index (χ3v) is 27.2. The molecule has 20 aromatic carbocycles. The summed E-state index contributed by atoms with van der Waals surface area (Å²) in [5.74, 6) is 0.312. The lowest BCUT2D eigenvalue weighted by atomic mass is 9.92. The van der Waals surface area contributed by atoms with Crippen molar-refractivity contribution in [1.82, 2.24) is 18.3 Å². The van der Waals surface area contributed by atoms with Gasteiger partial charge in [0.1, 0.15) is 0 Å². The number of hydrogen-bond acceptors (Lipinski definition) is 1. The normalized spacial score (nSPS) is 12.6. The molecule has 0 aliphatic heterocycles. The summed E-state index contributed by atoms with van der Waals surface area (Å²) in [6, 6.07) is 177. The number of rotatable bonds is 17. The Hall–Kier alpha value is -17.1. The Kier molecular flexibility index (Phi) is 18.9. The summed E-state index contributed by atoms with van der Waals surface area (Å²) < 4.78 is 9.86. The molecule has 0 fully saturated rings. The van der Waals surface area contributed by atoms with E-state index in [9.17, 15) is 0 Å². The molecule has 620 valence electrons. The molecule has 4 aromatic heterocycles. The van der Waals surface area contributed by atoms with Crippen molar-refractivity contribution < 1.29 is 0 Å². The van der Waals surface area contributed by atoms with Crippen molar-refractivity contribution >= 4 is 99.5 Å². The van der Waals surface area contributed by atoms with E-state index in [0.717, 1.165) is 113 Å². The Labute approximate surface area is 767 Å². The van der Waals surface area contributed by atoms with E-state index in [2.05, 4.69) is 521 Å². The number of para-hydroxylation sites is 4. The first-order valence-corrected chi connectivity index (χ1v) is 45.8. The van der Waals surface area contributed by atoms with Gasteiger partial charge in [-0.3, -0.25) is 0 Å². The smallest absolute Gasteiger partial charge is 0.0541 e. The van der Waals surface area contributed by atoms with Gasteiger partial charge in [-0.1, -0.05) is 298 Å². The molecule has 5 nitrogen and oxygen atoms in total. The summed E-state index contributed by atoms with van der Waals surface area (Å²) in [7, 11) is 0. The van der Waals surface area contributed by atoms with Gasteiger partial charge in [-0.2, -0.15) is 0 Å². The standard InChI is InChI=1S/C127H87N5/c1-84-30-25-54-113-115-79-96(61-67-126(115)132(127(84)113)111-52-29-42-92(77-111)104-72-101(87-35-13-4-14-36-87)69-102(73-104)88-37-15-5-16-38-88)98-60-66-125-119(83-98)117-81-94(57-64-123(117)130(125)107-47-21-8-22-48-107)90-40-27-50-109(75-90)128(105-43-17-6-18-44-105)108-49-26-39-89(74-108)93-56-63-122-116(80-93)118-82-97(59-65-124(118)129(122)106-45-19-7-20-46-106)95-58-62-121-114(78-95)112-53-23-24-55-120(112)131(121)110-51-28-41-91(76-110)103-70-99(85-31-9-2-10-32-85)68-100(71-103)86-33-11-3-12-34-86/h2-29,31-84H,30H2,1H3/t84-/m1/s1. The molecule has 0 radical (unpaired) electrons. The number of anilines is 3. The summed E-state index contributed by atoms with van der Waals surface area (Å²) >= 11 is 0. The molecule has 5 heteroatoms. The summed E-state index contributed by atoms with van der Waals surface area (Å²) in [6.07, 6.45) is 5.72. The molecule has 1 atom stereocenters. The van der Waals surface area contributed by atoms with E-state index >= 15 is 0 Å². The first kappa shape index (κ1) is 77.2. The highest BCUT2D eigenvalue weighted by Crippen LogP contribution is 2.48. The van der Waals surface area contributed by atoms with Crippen LogP contribution < -0.4 is 4.90 Å². The van der Waals surface area contributed by atoms with Gasteiger partial charge in [0.15, 0.2) is 0 Å². The maximum atomic E-state index is 2.55. The maximum Gasteiger partial charge on any atom is 0.0541 e. The van der Waals surface area contributed by atoms with E-state index in [1.165, 1.54) is 132 Å². The quantitative estimate of drug-likeness (QED) is 0.0891. The Bertz CT molecular complexity index is 8540. The van der Waals surface area contributed by atoms with Gasteiger partial charge in [-0.05, 0) is 318 Å². The van der Waals surface area contributed by atoms with Crippen LogP contribution in [0.25, 0.3) is 216 Å². The van der Waals surface area contributed by atoms with E-state index in [1.54, 1.807) is 0 Å². The average Bonchev–Trinajstić information content (AvgIpc) is 1.60. The SMILES string of the molecule is C[C@@H]1CC=Cc2c1n(-c1cccc(-c3cc(-c4ccccc4)cc(-c4ccccc4)c3)c1)c1ccc(-c3ccc4c(c3)c3cc(-c5cccc(N(c6ccccc6)c6cccc(-c7ccc8c(c7)c7cc(-c9ccc%10c(c9)c9ccccc9n%10-c9cccc(-c%10cc(-c%11ccccc%11)cc(-c%11ccccc%11)c%10)c9)ccc7n8-c7ccccc7)c6)c5)ccc3n4-c3ccccc3)cc21. The number of nitrogens with zero attached hydrogens (tertiary/aromatic N) is 5. The van der Waals surface area contributed by atoms with Crippen molar-refractivity contribution in [2.45, 2.75) is 19.3 Å². The van der Waals surface area contributed by atoms with Crippen LogP contribution in [0.2, 0.25) is 0 Å². The Morgan fingerprint density at radius 1 is 0.182 bits per heavy atom. The van der Waals surface area contributed by atoms with Gasteiger partial charge in [-0.15, -0.1) is 0 Å². The van der Waals surface area contributed by atoms with Crippen LogP contribution in [0.15, 0.2) is 485 Å². The molecule has 1 aliphatic carbocycles. The minimum absolute atomic E-state index is 0.312. The largest absolute Gasteiger partial charge is 0.313 e. The predicted octanol–water partition coefficient (Wildman–Crippen LogP) is 34.6. The molecular formula is C127H87N5. The van der Waals surface area contributed by atoms with Crippen molar-refractivity contribution in [2.24, 2.45) is 0 Å². The monoisotopic (exact) mass is 1680 g/mol. The van der Waals surface area contributed by atoms with E-state index in [0.29, 0.717) is 5.92 Å². The van der Waals surface area contributed by atoms with E-state index in [-0.39, 0.29) is 0 Å². The van der Waals surface area contributed by atoms with E-state index < -0.39 is 0 Å². The Morgan fingerprint density at radius 3 is 0.826 bits per heavy atom. The maximum absolute atomic E-state index is 2.55. The lowest BCUT2D eigenvalue weighted by Gasteiger charge is -2.26. The minimum atomic E-state index is 0.312. The third kappa shape index (κ3) is 13.6. The van der Waals surface area contributed by atoms with Crippen molar-refractivity contribution in [3.8, 4) is 134 Å². The predicted molar refractivity (Wildman–Crippen MR) is 557 cm³/mol. The molecule has 24 aromatic rings. The third-order valence-electron chi connectivity index (χ3n) is 27.2. The van der Waals surface area contributed by atoms with Crippen molar-refractivity contribution in [1.29, 1.82) is 0 Å². The molecule has 1 aliphatic rings. The van der Waals surface area contributed by atoms with Crippen LogP contribution in [0.3, 0.4) is 0 Å². The second-order valence-electron chi connectivity index (χ2n) is 35.2. The van der Waals surface area contributed by atoms with Gasteiger partial charge in [-0.25, -0.2) is 0 Å². The molecule has 0 amide bonds. The molecule has 0 N–H and O–H groups in total. The number of hydrogen-bond donors (Lipinski definition) is 0. The van der Waals surface area contributed by atoms with Gasteiger partial charge < -0.3 is 23.2 Å². The lowest BCUT2D eigenvalue weighted by Crippen LogP contribution is -2.10. The first-order valence-electron chi connectivity index (χ1n) is 45.8. The molecule has 0 spiro atoms.